The largest absolute Gasteiger partial charge is 0.485 e. The summed E-state index contributed by atoms with van der Waals surface area (Å²) in [6, 6.07) is 0.371. The zero-order valence-electron chi connectivity index (χ0n) is 13.9. The lowest BCUT2D eigenvalue weighted by Gasteiger charge is -2.26. The number of ether oxygens (including phenoxy) is 2. The van der Waals surface area contributed by atoms with Gasteiger partial charge in [0.1, 0.15) is 17.7 Å². The van der Waals surface area contributed by atoms with Crippen molar-refractivity contribution in [2.75, 3.05) is 6.54 Å². The number of amides is 1. The molecule has 0 unspecified atom stereocenters. The highest BCUT2D eigenvalue weighted by Gasteiger charge is 2.43. The van der Waals surface area contributed by atoms with Crippen LogP contribution in [0, 0.1) is 17.5 Å². The summed E-state index contributed by atoms with van der Waals surface area (Å²) in [6.45, 7) is 4.69. The number of aliphatic carboxylic acids is 1. The first kappa shape index (κ1) is 18.9. The predicted octanol–water partition coefficient (Wildman–Crippen LogP) is 2.95. The maximum Gasteiger partial charge on any atom is 0.411 e. The van der Waals surface area contributed by atoms with E-state index in [1.165, 1.54) is 0 Å². The lowest BCUT2D eigenvalue weighted by atomic mass is 10.2. The molecule has 6 nitrogen and oxygen atoms in total. The average Bonchev–Trinajstić information content (AvgIpc) is 2.90. The quantitative estimate of drug-likeness (QED) is 0.838. The van der Waals surface area contributed by atoms with Crippen LogP contribution < -0.4 is 4.74 Å². The van der Waals surface area contributed by atoms with Crippen molar-refractivity contribution in [2.24, 2.45) is 0 Å². The zero-order valence-corrected chi connectivity index (χ0v) is 13.9. The Morgan fingerprint density at radius 3 is 2.40 bits per heavy atom. The van der Waals surface area contributed by atoms with E-state index >= 15 is 0 Å². The molecular weight excluding hydrogens is 343 g/mol. The normalized spacial score (nSPS) is 20.5. The number of carbonyl (C=O) groups is 2. The third-order valence-electron chi connectivity index (χ3n) is 3.47. The number of carboxylic acid groups (broad SMARTS) is 1. The number of hydrogen-bond acceptors (Lipinski definition) is 4. The molecule has 138 valence electrons. The van der Waals surface area contributed by atoms with Crippen molar-refractivity contribution >= 4 is 12.1 Å². The zero-order chi connectivity index (χ0) is 18.9. The monoisotopic (exact) mass is 361 g/mol. The van der Waals surface area contributed by atoms with Gasteiger partial charge in [-0.1, -0.05) is 0 Å². The van der Waals surface area contributed by atoms with Crippen LogP contribution in [0.3, 0.4) is 0 Å². The number of carbonyl (C=O) groups excluding carboxylic acids is 1. The van der Waals surface area contributed by atoms with Crippen molar-refractivity contribution in [1.29, 1.82) is 0 Å². The first-order chi connectivity index (χ1) is 11.5. The van der Waals surface area contributed by atoms with Gasteiger partial charge in [0.15, 0.2) is 17.4 Å². The number of hydrogen-bond donors (Lipinski definition) is 1. The van der Waals surface area contributed by atoms with Gasteiger partial charge in [-0.15, -0.1) is 0 Å². The van der Waals surface area contributed by atoms with Gasteiger partial charge in [-0.05, 0) is 32.9 Å². The first-order valence-electron chi connectivity index (χ1n) is 7.52. The molecule has 1 N–H and O–H groups in total. The van der Waals surface area contributed by atoms with Crippen LogP contribution in [0.2, 0.25) is 0 Å². The van der Waals surface area contributed by atoms with E-state index in [1.54, 1.807) is 20.8 Å². The topological polar surface area (TPSA) is 76.1 Å². The fourth-order valence-corrected chi connectivity index (χ4v) is 2.42. The second kappa shape index (κ2) is 6.81. The van der Waals surface area contributed by atoms with Crippen molar-refractivity contribution in [3.8, 4) is 5.75 Å². The molecule has 25 heavy (non-hydrogen) atoms. The van der Waals surface area contributed by atoms with Crippen molar-refractivity contribution in [2.45, 2.75) is 44.9 Å². The molecule has 0 aromatic heterocycles. The van der Waals surface area contributed by atoms with E-state index in [2.05, 4.69) is 0 Å². The summed E-state index contributed by atoms with van der Waals surface area (Å²) < 4.78 is 50.3. The van der Waals surface area contributed by atoms with Crippen LogP contribution in [0.1, 0.15) is 27.2 Å². The standard InChI is InChI=1S/C16H18F3NO5/c1-16(2,3)25-15(23)20-7-8(6-10(20)14(21)22)24-11-5-4-9(17)12(18)13(11)19/h4-5,8,10H,6-7H2,1-3H3,(H,21,22)/t8-,10-/m0/s1. The van der Waals surface area contributed by atoms with E-state index in [0.29, 0.717) is 6.07 Å². The minimum Gasteiger partial charge on any atom is -0.485 e. The highest BCUT2D eigenvalue weighted by Crippen LogP contribution is 2.28. The Morgan fingerprint density at radius 1 is 1.20 bits per heavy atom. The lowest BCUT2D eigenvalue weighted by molar-refractivity contribution is -0.142. The third kappa shape index (κ3) is 4.34. The predicted molar refractivity (Wildman–Crippen MR) is 79.7 cm³/mol. The van der Waals surface area contributed by atoms with Gasteiger partial charge in [0.2, 0.25) is 5.82 Å². The van der Waals surface area contributed by atoms with Crippen molar-refractivity contribution in [3.05, 3.63) is 29.6 Å². The van der Waals surface area contributed by atoms with Gasteiger partial charge < -0.3 is 14.6 Å². The van der Waals surface area contributed by atoms with Crippen LogP contribution in [-0.4, -0.2) is 46.4 Å². The minimum absolute atomic E-state index is 0.146. The molecule has 1 aliphatic rings. The molecule has 0 radical (unpaired) electrons. The number of benzene rings is 1. The summed E-state index contributed by atoms with van der Waals surface area (Å²) in [5, 5.41) is 9.26. The molecule has 1 saturated heterocycles. The Balaban J connectivity index is 2.16. The molecule has 1 aliphatic heterocycles. The van der Waals surface area contributed by atoms with E-state index in [1.807, 2.05) is 0 Å². The number of carboxylic acids is 1. The van der Waals surface area contributed by atoms with E-state index in [4.69, 9.17) is 9.47 Å². The van der Waals surface area contributed by atoms with Crippen molar-refractivity contribution in [3.63, 3.8) is 0 Å². The second-order valence-corrected chi connectivity index (χ2v) is 6.64. The molecule has 1 aromatic carbocycles. The molecule has 1 fully saturated rings. The Hall–Kier alpha value is -2.45. The molecule has 0 aliphatic carbocycles. The van der Waals surface area contributed by atoms with Gasteiger partial charge in [0.25, 0.3) is 0 Å². The summed E-state index contributed by atoms with van der Waals surface area (Å²) >= 11 is 0. The smallest absolute Gasteiger partial charge is 0.411 e. The number of rotatable bonds is 3. The van der Waals surface area contributed by atoms with E-state index < -0.39 is 53.0 Å². The molecule has 1 heterocycles. The second-order valence-electron chi connectivity index (χ2n) is 6.64. The maximum absolute atomic E-state index is 13.7. The summed E-state index contributed by atoms with van der Waals surface area (Å²) in [6.07, 6.45) is -1.91. The van der Waals surface area contributed by atoms with E-state index in [-0.39, 0.29) is 13.0 Å². The fraction of sp³-hybridized carbons (Fsp3) is 0.500. The third-order valence-corrected chi connectivity index (χ3v) is 3.47. The maximum atomic E-state index is 13.7. The molecule has 9 heteroatoms. The Bertz CT molecular complexity index is 689. The van der Waals surface area contributed by atoms with Crippen LogP contribution in [0.5, 0.6) is 5.75 Å². The Labute approximate surface area is 142 Å². The van der Waals surface area contributed by atoms with Crippen molar-refractivity contribution < 1.29 is 37.3 Å². The minimum atomic E-state index is -1.69. The lowest BCUT2D eigenvalue weighted by Crippen LogP contribution is -2.43. The highest BCUT2D eigenvalue weighted by molar-refractivity contribution is 5.81. The SMILES string of the molecule is CC(C)(C)OC(=O)N1C[C@@H](Oc2ccc(F)c(F)c2F)C[C@H]1C(=O)O. The van der Waals surface area contributed by atoms with E-state index in [0.717, 1.165) is 11.0 Å². The van der Waals surface area contributed by atoms with Crippen LogP contribution in [0.25, 0.3) is 0 Å². The van der Waals surface area contributed by atoms with Gasteiger partial charge in [-0.25, -0.2) is 18.4 Å². The molecule has 0 bridgehead atoms. The molecule has 2 atom stereocenters. The van der Waals surface area contributed by atoms with Crippen LogP contribution in [0.4, 0.5) is 18.0 Å². The average molecular weight is 361 g/mol. The summed E-state index contributed by atoms with van der Waals surface area (Å²) in [4.78, 5) is 24.5. The van der Waals surface area contributed by atoms with Gasteiger partial charge >= 0.3 is 12.1 Å². The molecular formula is C16H18F3NO5. The fourth-order valence-electron chi connectivity index (χ4n) is 2.42. The van der Waals surface area contributed by atoms with E-state index in [9.17, 15) is 27.9 Å². The number of nitrogens with zero attached hydrogens (tertiary/aromatic N) is 1. The van der Waals surface area contributed by atoms with Gasteiger partial charge in [0, 0.05) is 6.42 Å². The molecule has 0 saturated carbocycles. The van der Waals surface area contributed by atoms with Gasteiger partial charge in [0.05, 0.1) is 6.54 Å². The van der Waals surface area contributed by atoms with Gasteiger partial charge in [-0.3, -0.25) is 4.90 Å². The highest BCUT2D eigenvalue weighted by atomic mass is 19.2. The molecule has 1 aromatic rings. The number of likely N-dealkylation sites (tertiary alicyclic amines) is 1. The number of halogens is 3. The summed E-state index contributed by atoms with van der Waals surface area (Å²) in [7, 11) is 0. The summed E-state index contributed by atoms with van der Waals surface area (Å²) in [5.74, 6) is -6.39. The Morgan fingerprint density at radius 2 is 1.84 bits per heavy atom. The Kier molecular flexibility index (Phi) is 5.15. The molecule has 2 rings (SSSR count). The van der Waals surface area contributed by atoms with Crippen LogP contribution in [0.15, 0.2) is 12.1 Å². The first-order valence-corrected chi connectivity index (χ1v) is 7.52. The summed E-state index contributed by atoms with van der Waals surface area (Å²) in [5.41, 5.74) is -0.828. The molecule has 1 amide bonds. The van der Waals surface area contributed by atoms with Crippen molar-refractivity contribution in [1.82, 2.24) is 4.90 Å². The van der Waals surface area contributed by atoms with Crippen LogP contribution in [-0.2, 0) is 9.53 Å². The molecule has 0 spiro atoms. The van der Waals surface area contributed by atoms with Gasteiger partial charge in [-0.2, -0.15) is 4.39 Å². The van der Waals surface area contributed by atoms with Crippen LogP contribution >= 0.6 is 0 Å².